The monoisotopic (exact) mass is 280 g/mol. The van der Waals surface area contributed by atoms with E-state index in [-0.39, 0.29) is 10.8 Å². The Morgan fingerprint density at radius 1 is 1.42 bits per heavy atom. The molecular weight excluding hydrogens is 267 g/mol. The van der Waals surface area contributed by atoms with Crippen LogP contribution in [0.2, 0.25) is 5.02 Å². The van der Waals surface area contributed by atoms with E-state index in [0.717, 1.165) is 11.3 Å². The van der Waals surface area contributed by atoms with Gasteiger partial charge in [0.15, 0.2) is 5.78 Å². The second kappa shape index (κ2) is 5.13. The molecule has 0 saturated heterocycles. The Hall–Kier alpha value is -1.68. The van der Waals surface area contributed by atoms with Crippen molar-refractivity contribution in [1.82, 2.24) is 9.78 Å². The van der Waals surface area contributed by atoms with Crippen molar-refractivity contribution in [3.05, 3.63) is 51.6 Å². The lowest BCUT2D eigenvalue weighted by atomic mass is 10.1. The van der Waals surface area contributed by atoms with Gasteiger partial charge in [-0.1, -0.05) is 17.7 Å². The van der Waals surface area contributed by atoms with Gasteiger partial charge in [-0.05, 0) is 38.5 Å². The number of hydrogen-bond donors (Lipinski definition) is 0. The Bertz CT molecular complexity index is 649. The smallest absolute Gasteiger partial charge is 0.163 e. The largest absolute Gasteiger partial charge is 0.294 e. The van der Waals surface area contributed by atoms with E-state index in [1.807, 2.05) is 6.92 Å². The van der Waals surface area contributed by atoms with Crippen LogP contribution in [0.15, 0.2) is 18.2 Å². The third kappa shape index (κ3) is 2.68. The second-order valence-corrected chi connectivity index (χ2v) is 4.92. The maximum absolute atomic E-state index is 13.1. The molecule has 0 aliphatic heterocycles. The minimum Gasteiger partial charge on any atom is -0.294 e. The van der Waals surface area contributed by atoms with E-state index in [4.69, 9.17) is 11.6 Å². The van der Waals surface area contributed by atoms with Crippen molar-refractivity contribution in [3.8, 4) is 0 Å². The van der Waals surface area contributed by atoms with Crippen molar-refractivity contribution in [3.63, 3.8) is 0 Å². The van der Waals surface area contributed by atoms with Crippen LogP contribution in [-0.4, -0.2) is 15.6 Å². The van der Waals surface area contributed by atoms with Gasteiger partial charge in [-0.25, -0.2) is 4.39 Å². The minimum atomic E-state index is -0.441. The summed E-state index contributed by atoms with van der Waals surface area (Å²) in [5, 5.41) is 4.43. The Balaban J connectivity index is 2.36. The highest BCUT2D eigenvalue weighted by Gasteiger charge is 2.15. The van der Waals surface area contributed by atoms with Crippen LogP contribution in [0.4, 0.5) is 4.39 Å². The number of aromatic nitrogens is 2. The van der Waals surface area contributed by atoms with Gasteiger partial charge in [0.05, 0.1) is 22.8 Å². The molecule has 100 valence electrons. The van der Waals surface area contributed by atoms with Crippen LogP contribution in [0.1, 0.15) is 34.2 Å². The van der Waals surface area contributed by atoms with Gasteiger partial charge in [0.2, 0.25) is 0 Å². The summed E-state index contributed by atoms with van der Waals surface area (Å²) >= 11 is 5.75. The van der Waals surface area contributed by atoms with Gasteiger partial charge in [-0.2, -0.15) is 5.10 Å². The third-order valence-electron chi connectivity index (χ3n) is 3.05. The molecule has 0 N–H and O–H groups in total. The summed E-state index contributed by atoms with van der Waals surface area (Å²) in [5.41, 5.74) is 3.00. The molecule has 0 bridgehead atoms. The van der Waals surface area contributed by atoms with Crippen molar-refractivity contribution >= 4 is 17.4 Å². The molecule has 2 rings (SSSR count). The van der Waals surface area contributed by atoms with Crippen molar-refractivity contribution < 1.29 is 9.18 Å². The summed E-state index contributed by atoms with van der Waals surface area (Å²) < 4.78 is 14.8. The lowest BCUT2D eigenvalue weighted by molar-refractivity contribution is 0.101. The number of halogens is 2. The Morgan fingerprint density at radius 2 is 2.11 bits per heavy atom. The minimum absolute atomic E-state index is 0.00149. The molecule has 3 nitrogen and oxygen atoms in total. The molecule has 0 atom stereocenters. The zero-order chi connectivity index (χ0) is 14.2. The molecule has 1 aromatic heterocycles. The number of hydrogen-bond acceptors (Lipinski definition) is 2. The maximum Gasteiger partial charge on any atom is 0.163 e. The number of Topliss-reactive ketones (excluding diaryl/α,β-unsaturated/α-hetero) is 1. The average molecular weight is 281 g/mol. The number of aryl methyl sites for hydroxylation is 1. The predicted octanol–water partition coefficient (Wildman–Crippen LogP) is 3.54. The van der Waals surface area contributed by atoms with Crippen LogP contribution >= 0.6 is 11.6 Å². The van der Waals surface area contributed by atoms with Crippen LogP contribution in [-0.2, 0) is 6.54 Å². The molecule has 0 amide bonds. The highest BCUT2D eigenvalue weighted by molar-refractivity contribution is 6.30. The first-order valence-corrected chi connectivity index (χ1v) is 6.27. The SMILES string of the molecule is CC(=O)c1c(C)nn(Cc2ccc(F)c(Cl)c2)c1C. The molecule has 0 unspecified atom stereocenters. The van der Waals surface area contributed by atoms with E-state index in [1.165, 1.54) is 13.0 Å². The van der Waals surface area contributed by atoms with E-state index in [0.29, 0.717) is 17.8 Å². The summed E-state index contributed by atoms with van der Waals surface area (Å²) in [4.78, 5) is 11.5. The Labute approximate surface area is 116 Å². The van der Waals surface area contributed by atoms with Crippen molar-refractivity contribution in [1.29, 1.82) is 0 Å². The molecular formula is C14H14ClFN2O. The van der Waals surface area contributed by atoms with Gasteiger partial charge in [-0.3, -0.25) is 9.48 Å². The summed E-state index contributed by atoms with van der Waals surface area (Å²) in [6.45, 7) is 5.63. The summed E-state index contributed by atoms with van der Waals surface area (Å²) in [5.74, 6) is -0.443. The van der Waals surface area contributed by atoms with Crippen LogP contribution in [0.3, 0.4) is 0 Å². The Morgan fingerprint density at radius 3 is 2.63 bits per heavy atom. The van der Waals surface area contributed by atoms with Crippen molar-refractivity contribution in [2.24, 2.45) is 0 Å². The molecule has 0 spiro atoms. The molecule has 0 radical (unpaired) electrons. The number of benzene rings is 1. The zero-order valence-corrected chi connectivity index (χ0v) is 11.8. The Kier molecular flexibility index (Phi) is 3.71. The highest BCUT2D eigenvalue weighted by Crippen LogP contribution is 2.19. The van der Waals surface area contributed by atoms with Crippen molar-refractivity contribution in [2.45, 2.75) is 27.3 Å². The van der Waals surface area contributed by atoms with Gasteiger partial charge >= 0.3 is 0 Å². The molecule has 0 aliphatic rings. The fraction of sp³-hybridized carbons (Fsp3) is 0.286. The number of ketones is 1. The first-order valence-electron chi connectivity index (χ1n) is 5.89. The molecule has 1 heterocycles. The predicted molar refractivity (Wildman–Crippen MR) is 72.2 cm³/mol. The van der Waals surface area contributed by atoms with E-state index < -0.39 is 5.82 Å². The zero-order valence-electron chi connectivity index (χ0n) is 11.0. The normalized spacial score (nSPS) is 10.8. The molecule has 0 aliphatic carbocycles. The molecule has 0 fully saturated rings. The number of nitrogens with zero attached hydrogens (tertiary/aromatic N) is 2. The van der Waals surface area contributed by atoms with Gasteiger partial charge < -0.3 is 0 Å². The fourth-order valence-corrected chi connectivity index (χ4v) is 2.37. The van der Waals surface area contributed by atoms with E-state index in [1.54, 1.807) is 23.7 Å². The van der Waals surface area contributed by atoms with E-state index in [2.05, 4.69) is 5.10 Å². The topological polar surface area (TPSA) is 34.9 Å². The standard InChI is InChI=1S/C14H14ClFN2O/c1-8-14(10(3)19)9(2)18(17-8)7-11-4-5-13(16)12(15)6-11/h4-6H,7H2,1-3H3. The average Bonchev–Trinajstić information content (AvgIpc) is 2.59. The van der Waals surface area contributed by atoms with Crippen molar-refractivity contribution in [2.75, 3.05) is 0 Å². The molecule has 5 heteroatoms. The van der Waals surface area contributed by atoms with Crippen LogP contribution < -0.4 is 0 Å². The fourth-order valence-electron chi connectivity index (χ4n) is 2.17. The van der Waals surface area contributed by atoms with Crippen LogP contribution in [0.25, 0.3) is 0 Å². The van der Waals surface area contributed by atoms with Gasteiger partial charge in [0, 0.05) is 5.69 Å². The van der Waals surface area contributed by atoms with Gasteiger partial charge in [0.25, 0.3) is 0 Å². The van der Waals surface area contributed by atoms with Gasteiger partial charge in [0.1, 0.15) is 5.82 Å². The molecule has 1 aromatic carbocycles. The van der Waals surface area contributed by atoms with E-state index in [9.17, 15) is 9.18 Å². The molecule has 19 heavy (non-hydrogen) atoms. The number of rotatable bonds is 3. The molecule has 2 aromatic rings. The summed E-state index contributed by atoms with van der Waals surface area (Å²) in [6, 6.07) is 4.56. The first kappa shape index (κ1) is 13.7. The number of carbonyl (C=O) groups is 1. The van der Waals surface area contributed by atoms with E-state index >= 15 is 0 Å². The third-order valence-corrected chi connectivity index (χ3v) is 3.34. The molecule has 0 saturated carbocycles. The summed E-state index contributed by atoms with van der Waals surface area (Å²) in [6.07, 6.45) is 0. The maximum atomic E-state index is 13.1. The van der Waals surface area contributed by atoms with Crippen LogP contribution in [0, 0.1) is 19.7 Å². The lowest BCUT2D eigenvalue weighted by Gasteiger charge is -2.06. The highest BCUT2D eigenvalue weighted by atomic mass is 35.5. The lowest BCUT2D eigenvalue weighted by Crippen LogP contribution is -2.05. The van der Waals surface area contributed by atoms with Crippen LogP contribution in [0.5, 0.6) is 0 Å². The quantitative estimate of drug-likeness (QED) is 0.806. The number of carbonyl (C=O) groups excluding carboxylic acids is 1. The summed E-state index contributed by atoms with van der Waals surface area (Å²) in [7, 11) is 0. The van der Waals surface area contributed by atoms with Gasteiger partial charge in [-0.15, -0.1) is 0 Å². The second-order valence-electron chi connectivity index (χ2n) is 4.51. The first-order chi connectivity index (χ1) is 8.90.